The van der Waals surface area contributed by atoms with E-state index in [2.05, 4.69) is 4.74 Å². The Morgan fingerprint density at radius 1 is 0.786 bits per heavy atom. The monoisotopic (exact) mass is 421 g/mol. The molecule has 0 bridgehead atoms. The van der Waals surface area contributed by atoms with Gasteiger partial charge in [-0.05, 0) is 12.8 Å². The van der Waals surface area contributed by atoms with Gasteiger partial charge in [0.1, 0.15) is 17.8 Å². The van der Waals surface area contributed by atoms with Gasteiger partial charge in [0.15, 0.2) is 17.8 Å². The van der Waals surface area contributed by atoms with Gasteiger partial charge in [0, 0.05) is 0 Å². The molecule has 0 spiro atoms. The van der Waals surface area contributed by atoms with E-state index in [0.29, 0.717) is 12.8 Å². The van der Waals surface area contributed by atoms with Crippen LogP contribution in [0.2, 0.25) is 0 Å². The Morgan fingerprint density at radius 2 is 1.32 bits per heavy atom. The molecule has 28 heavy (non-hydrogen) atoms. The van der Waals surface area contributed by atoms with E-state index in [1.165, 1.54) is 0 Å². The summed E-state index contributed by atoms with van der Waals surface area (Å²) in [5.41, 5.74) is -1.66. The van der Waals surface area contributed by atoms with Crippen molar-refractivity contribution in [2.45, 2.75) is 57.0 Å². The van der Waals surface area contributed by atoms with E-state index in [1.54, 1.807) is 0 Å². The molecule has 2 nitrogen and oxygen atoms in total. The second kappa shape index (κ2) is 11.0. The molecule has 0 aliphatic rings. The average molecular weight is 421 g/mol. The molecule has 11 heteroatoms. The summed E-state index contributed by atoms with van der Waals surface area (Å²) in [6.45, 7) is -0.581. The lowest BCUT2D eigenvalue weighted by Crippen LogP contribution is -2.38. The van der Waals surface area contributed by atoms with E-state index >= 15 is 0 Å². The minimum absolute atomic E-state index is 0.0570. The lowest BCUT2D eigenvalue weighted by atomic mass is 10.0. The fraction of sp³-hybridized carbons (Fsp3) is 0.588. The van der Waals surface area contributed by atoms with E-state index in [4.69, 9.17) is 5.26 Å². The first kappa shape index (κ1) is 23.9. The molecular formula is C17H16F9NO. The van der Waals surface area contributed by atoms with Gasteiger partial charge in [-0.25, -0.2) is 22.0 Å². The Labute approximate surface area is 154 Å². The van der Waals surface area contributed by atoms with Crippen molar-refractivity contribution in [3.05, 3.63) is 28.8 Å². The van der Waals surface area contributed by atoms with Crippen LogP contribution in [0.25, 0.3) is 0 Å². The third-order valence-corrected chi connectivity index (χ3v) is 3.83. The largest absolute Gasteiger partial charge is 0.451 e. The van der Waals surface area contributed by atoms with Crippen LogP contribution < -0.4 is 4.74 Å². The summed E-state index contributed by atoms with van der Waals surface area (Å²) in [6, 6.07) is 0.830. The molecule has 0 saturated carbocycles. The van der Waals surface area contributed by atoms with Gasteiger partial charge in [-0.15, -0.1) is 0 Å². The van der Waals surface area contributed by atoms with Crippen LogP contribution in [0.3, 0.4) is 0 Å². The maximum atomic E-state index is 13.7. The minimum Gasteiger partial charge on any atom is -0.451 e. The molecule has 1 rings (SSSR count). The number of rotatable bonds is 11. The summed E-state index contributed by atoms with van der Waals surface area (Å²) >= 11 is 0. The number of hydrogen-bond donors (Lipinski definition) is 0. The van der Waals surface area contributed by atoms with Crippen LogP contribution in [-0.2, 0) is 0 Å². The third-order valence-electron chi connectivity index (χ3n) is 3.83. The van der Waals surface area contributed by atoms with Gasteiger partial charge >= 0.3 is 0 Å². The van der Waals surface area contributed by atoms with Gasteiger partial charge in [-0.2, -0.15) is 18.4 Å². The number of hydrogen-bond acceptors (Lipinski definition) is 2. The molecule has 0 radical (unpaired) electrons. The smallest absolute Gasteiger partial charge is 0.272 e. The first-order chi connectivity index (χ1) is 13.2. The van der Waals surface area contributed by atoms with E-state index in [-0.39, 0.29) is 12.8 Å². The zero-order valence-electron chi connectivity index (χ0n) is 14.3. The molecule has 0 amide bonds. The number of nitriles is 1. The molecule has 1 aromatic carbocycles. The van der Waals surface area contributed by atoms with Crippen LogP contribution in [-0.4, -0.2) is 31.5 Å². The van der Waals surface area contributed by atoms with Crippen molar-refractivity contribution in [1.29, 1.82) is 5.26 Å². The fourth-order valence-corrected chi connectivity index (χ4v) is 2.28. The van der Waals surface area contributed by atoms with Crippen LogP contribution >= 0.6 is 0 Å². The van der Waals surface area contributed by atoms with Crippen molar-refractivity contribution in [3.63, 3.8) is 0 Å². The number of halogens is 9. The summed E-state index contributed by atoms with van der Waals surface area (Å²) in [4.78, 5) is 0. The number of ether oxygens (including phenoxy) is 1. The van der Waals surface area contributed by atoms with Crippen LogP contribution in [0.1, 0.15) is 37.7 Å². The van der Waals surface area contributed by atoms with Gasteiger partial charge in [-0.1, -0.05) is 19.3 Å². The highest BCUT2D eigenvalue weighted by atomic mass is 19.2. The van der Waals surface area contributed by atoms with Crippen molar-refractivity contribution in [1.82, 2.24) is 0 Å². The zero-order valence-corrected chi connectivity index (χ0v) is 14.3. The minimum atomic E-state index is -3.49. The molecule has 4 atom stereocenters. The summed E-state index contributed by atoms with van der Waals surface area (Å²) in [7, 11) is 0. The van der Waals surface area contributed by atoms with E-state index in [1.807, 2.05) is 0 Å². The van der Waals surface area contributed by atoms with Gasteiger partial charge in [0.05, 0.1) is 6.67 Å². The molecule has 0 heterocycles. The number of alkyl halides is 5. The van der Waals surface area contributed by atoms with Crippen molar-refractivity contribution >= 4 is 0 Å². The van der Waals surface area contributed by atoms with Crippen molar-refractivity contribution in [3.8, 4) is 11.8 Å². The molecule has 0 aliphatic carbocycles. The van der Waals surface area contributed by atoms with Crippen molar-refractivity contribution in [2.75, 3.05) is 6.67 Å². The SMILES string of the molecule is N#Cc1c(F)c(F)c(OC(F)C(F)C(F)C(F)CCCCCCF)c(F)c1F. The zero-order chi connectivity index (χ0) is 21.4. The summed E-state index contributed by atoms with van der Waals surface area (Å²) in [6.07, 6.45) is -12.0. The van der Waals surface area contributed by atoms with Gasteiger partial charge in [0.2, 0.25) is 23.6 Å². The maximum Gasteiger partial charge on any atom is 0.272 e. The van der Waals surface area contributed by atoms with Crippen molar-refractivity contribution in [2.24, 2.45) is 0 Å². The quantitative estimate of drug-likeness (QED) is 0.260. The Kier molecular flexibility index (Phi) is 9.41. The summed E-state index contributed by atoms with van der Waals surface area (Å²) < 4.78 is 124. The van der Waals surface area contributed by atoms with Crippen LogP contribution in [0.15, 0.2) is 0 Å². The Morgan fingerprint density at radius 3 is 1.82 bits per heavy atom. The molecule has 0 fully saturated rings. The van der Waals surface area contributed by atoms with Gasteiger partial charge in [0.25, 0.3) is 6.36 Å². The normalized spacial score (nSPS) is 15.6. The van der Waals surface area contributed by atoms with Gasteiger partial charge in [-0.3, -0.25) is 4.39 Å². The Bertz CT molecular complexity index is 665. The highest BCUT2D eigenvalue weighted by molar-refractivity contribution is 5.40. The second-order valence-electron chi connectivity index (χ2n) is 5.84. The first-order valence-electron chi connectivity index (χ1n) is 8.22. The Balaban J connectivity index is 2.79. The summed E-state index contributed by atoms with van der Waals surface area (Å²) in [5.74, 6) is -11.1. The number of nitrogens with zero attached hydrogens (tertiary/aromatic N) is 1. The first-order valence-corrected chi connectivity index (χ1v) is 8.22. The third kappa shape index (κ3) is 5.69. The molecule has 0 N–H and O–H groups in total. The lowest BCUT2D eigenvalue weighted by Gasteiger charge is -2.21. The molecule has 0 aromatic heterocycles. The van der Waals surface area contributed by atoms with Crippen LogP contribution in [0, 0.1) is 34.6 Å². The molecule has 4 unspecified atom stereocenters. The van der Waals surface area contributed by atoms with Crippen molar-refractivity contribution < 1.29 is 44.3 Å². The number of benzene rings is 1. The van der Waals surface area contributed by atoms with E-state index < -0.39 is 72.6 Å². The highest BCUT2D eigenvalue weighted by Crippen LogP contribution is 2.32. The van der Waals surface area contributed by atoms with Crippen LogP contribution in [0.5, 0.6) is 5.75 Å². The fourth-order valence-electron chi connectivity index (χ4n) is 2.28. The summed E-state index contributed by atoms with van der Waals surface area (Å²) in [5, 5.41) is 8.41. The molecule has 158 valence electrons. The molecular weight excluding hydrogens is 405 g/mol. The average Bonchev–Trinajstić information content (AvgIpc) is 2.68. The predicted octanol–water partition coefficient (Wildman–Crippen LogP) is 5.72. The van der Waals surface area contributed by atoms with E-state index in [0.717, 1.165) is 6.07 Å². The lowest BCUT2D eigenvalue weighted by molar-refractivity contribution is -0.0614. The second-order valence-corrected chi connectivity index (χ2v) is 5.84. The van der Waals surface area contributed by atoms with E-state index in [9.17, 15) is 39.5 Å². The van der Waals surface area contributed by atoms with Gasteiger partial charge < -0.3 is 4.74 Å². The maximum absolute atomic E-state index is 13.7. The predicted molar refractivity (Wildman–Crippen MR) is 80.3 cm³/mol. The molecule has 1 aromatic rings. The highest BCUT2D eigenvalue weighted by Gasteiger charge is 2.39. The number of unbranched alkanes of at least 4 members (excludes halogenated alkanes) is 3. The topological polar surface area (TPSA) is 33.0 Å². The Hall–Kier alpha value is -2.12. The standard InChI is InChI=1S/C17H16F9NO/c18-6-4-2-1-3-5-9(19)12(22)15(25)17(26)28-16-13(23)10(20)8(7-27)11(21)14(16)24/h9,12,15,17H,1-6H2. The molecule has 0 saturated heterocycles. The van der Waals surface area contributed by atoms with Crippen LogP contribution in [0.4, 0.5) is 39.5 Å². The molecule has 0 aliphatic heterocycles.